The zero-order chi connectivity index (χ0) is 19.8. The molecule has 1 amide bonds. The molecule has 0 aliphatic carbocycles. The minimum absolute atomic E-state index is 0.0318. The number of rotatable bonds is 5. The SMILES string of the molecule is COCCON1C(=O)C(c2ccc(C)c(C)c2C)=C(O)C12CCN(O)CC2. The van der Waals surface area contributed by atoms with Crippen LogP contribution in [-0.4, -0.2) is 65.3 Å². The summed E-state index contributed by atoms with van der Waals surface area (Å²) in [5, 5.41) is 23.5. The van der Waals surface area contributed by atoms with Crippen LogP contribution >= 0.6 is 0 Å². The van der Waals surface area contributed by atoms with Gasteiger partial charge in [0, 0.05) is 20.2 Å². The Kier molecular flexibility index (Phi) is 5.58. The Morgan fingerprint density at radius 3 is 2.41 bits per heavy atom. The summed E-state index contributed by atoms with van der Waals surface area (Å²) in [6, 6.07) is 3.84. The van der Waals surface area contributed by atoms with Gasteiger partial charge in [-0.1, -0.05) is 12.1 Å². The van der Waals surface area contributed by atoms with Crippen LogP contribution in [0.2, 0.25) is 0 Å². The number of amides is 1. The minimum atomic E-state index is -0.954. The maximum atomic E-state index is 13.3. The van der Waals surface area contributed by atoms with E-state index in [2.05, 4.69) is 0 Å². The first-order chi connectivity index (χ1) is 12.8. The Labute approximate surface area is 159 Å². The molecular weight excluding hydrogens is 348 g/mol. The molecule has 7 heteroatoms. The molecule has 0 unspecified atom stereocenters. The highest BCUT2D eigenvalue weighted by molar-refractivity contribution is 6.23. The lowest BCUT2D eigenvalue weighted by Crippen LogP contribution is -2.54. The lowest BCUT2D eigenvalue weighted by Gasteiger charge is -2.41. The molecule has 1 saturated heterocycles. The smallest absolute Gasteiger partial charge is 0.282 e. The molecule has 2 N–H and O–H groups in total. The van der Waals surface area contributed by atoms with Gasteiger partial charge in [0.05, 0.1) is 18.8 Å². The standard InChI is InChI=1S/C20H28N2O5/c1-13-5-6-16(15(3)14(13)2)17-18(23)20(7-9-21(25)10-8-20)22(19(17)24)27-12-11-26-4/h5-6,23,25H,7-12H2,1-4H3. The zero-order valence-electron chi connectivity index (χ0n) is 16.4. The number of aryl methyl sites for hydroxylation is 1. The van der Waals surface area contributed by atoms with Gasteiger partial charge < -0.3 is 15.1 Å². The number of piperidine rings is 1. The summed E-state index contributed by atoms with van der Waals surface area (Å²) in [7, 11) is 1.56. The molecule has 0 atom stereocenters. The van der Waals surface area contributed by atoms with Gasteiger partial charge in [0.1, 0.15) is 11.3 Å². The number of ether oxygens (including phenoxy) is 1. The molecule has 0 saturated carbocycles. The first-order valence-corrected chi connectivity index (χ1v) is 9.24. The molecule has 2 aliphatic heterocycles. The fourth-order valence-corrected chi connectivity index (χ4v) is 3.89. The molecule has 0 aromatic heterocycles. The van der Waals surface area contributed by atoms with Crippen molar-refractivity contribution in [3.63, 3.8) is 0 Å². The minimum Gasteiger partial charge on any atom is -0.509 e. The molecule has 2 aliphatic rings. The number of hydrogen-bond donors (Lipinski definition) is 2. The Bertz CT molecular complexity index is 766. The normalized spacial score (nSPS) is 20.2. The first kappa shape index (κ1) is 19.8. The number of hydroxylamine groups is 4. The van der Waals surface area contributed by atoms with Crippen molar-refractivity contribution in [1.29, 1.82) is 0 Å². The van der Waals surface area contributed by atoms with E-state index in [4.69, 9.17) is 9.57 Å². The molecule has 1 spiro atoms. The van der Waals surface area contributed by atoms with Crippen molar-refractivity contribution < 1.29 is 24.7 Å². The number of methoxy groups -OCH3 is 1. The van der Waals surface area contributed by atoms with E-state index in [-0.39, 0.29) is 18.3 Å². The molecule has 1 aromatic carbocycles. The molecule has 1 fully saturated rings. The van der Waals surface area contributed by atoms with Crippen LogP contribution in [0.1, 0.15) is 35.1 Å². The molecule has 3 rings (SSSR count). The fraction of sp³-hybridized carbons (Fsp3) is 0.550. The zero-order valence-corrected chi connectivity index (χ0v) is 16.4. The molecule has 0 bridgehead atoms. The monoisotopic (exact) mass is 376 g/mol. The summed E-state index contributed by atoms with van der Waals surface area (Å²) in [5.41, 5.74) is 3.27. The lowest BCUT2D eigenvalue weighted by molar-refractivity contribution is -0.231. The first-order valence-electron chi connectivity index (χ1n) is 9.24. The summed E-state index contributed by atoms with van der Waals surface area (Å²) in [4.78, 5) is 19.0. The van der Waals surface area contributed by atoms with E-state index in [0.717, 1.165) is 22.3 Å². The quantitative estimate of drug-likeness (QED) is 0.769. The summed E-state index contributed by atoms with van der Waals surface area (Å²) < 4.78 is 5.03. The van der Waals surface area contributed by atoms with Crippen LogP contribution in [0, 0.1) is 20.8 Å². The number of carbonyl (C=O) groups excluding carboxylic acids is 1. The van der Waals surface area contributed by atoms with E-state index in [0.29, 0.717) is 38.1 Å². The van der Waals surface area contributed by atoms with Crippen LogP contribution in [0.15, 0.2) is 17.9 Å². The van der Waals surface area contributed by atoms with Gasteiger partial charge in [-0.25, -0.2) is 5.06 Å². The van der Waals surface area contributed by atoms with Gasteiger partial charge in [0.25, 0.3) is 5.91 Å². The second-order valence-corrected chi connectivity index (χ2v) is 7.31. The predicted molar refractivity (Wildman–Crippen MR) is 100 cm³/mol. The van der Waals surface area contributed by atoms with E-state index in [9.17, 15) is 15.1 Å². The summed E-state index contributed by atoms with van der Waals surface area (Å²) in [5.74, 6) is -0.314. The second kappa shape index (κ2) is 7.59. The van der Waals surface area contributed by atoms with Crippen molar-refractivity contribution in [3.05, 3.63) is 40.1 Å². The van der Waals surface area contributed by atoms with E-state index in [1.54, 1.807) is 7.11 Å². The predicted octanol–water partition coefficient (Wildman–Crippen LogP) is 2.52. The van der Waals surface area contributed by atoms with Gasteiger partial charge in [-0.3, -0.25) is 9.63 Å². The molecule has 148 valence electrons. The second-order valence-electron chi connectivity index (χ2n) is 7.31. The average Bonchev–Trinajstić information content (AvgIpc) is 2.84. The molecule has 0 radical (unpaired) electrons. The molecule has 27 heavy (non-hydrogen) atoms. The van der Waals surface area contributed by atoms with Gasteiger partial charge >= 0.3 is 0 Å². The van der Waals surface area contributed by atoms with E-state index < -0.39 is 5.54 Å². The highest BCUT2D eigenvalue weighted by atomic mass is 16.7. The van der Waals surface area contributed by atoms with Crippen LogP contribution in [0.25, 0.3) is 5.57 Å². The van der Waals surface area contributed by atoms with Crippen molar-refractivity contribution in [3.8, 4) is 0 Å². The molecule has 7 nitrogen and oxygen atoms in total. The van der Waals surface area contributed by atoms with Crippen molar-refractivity contribution in [2.75, 3.05) is 33.4 Å². The molecule has 1 aromatic rings. The third-order valence-corrected chi connectivity index (χ3v) is 5.87. The van der Waals surface area contributed by atoms with Crippen LogP contribution in [-0.2, 0) is 14.4 Å². The summed E-state index contributed by atoms with van der Waals surface area (Å²) in [6.07, 6.45) is 0.781. The van der Waals surface area contributed by atoms with Gasteiger partial charge in [-0.2, -0.15) is 5.06 Å². The van der Waals surface area contributed by atoms with Gasteiger partial charge in [0.2, 0.25) is 0 Å². The number of benzene rings is 1. The van der Waals surface area contributed by atoms with Crippen molar-refractivity contribution in [2.24, 2.45) is 0 Å². The Morgan fingerprint density at radius 1 is 1.11 bits per heavy atom. The highest BCUT2D eigenvalue weighted by Gasteiger charge is 2.55. The van der Waals surface area contributed by atoms with Crippen molar-refractivity contribution >= 4 is 11.5 Å². The summed E-state index contributed by atoms with van der Waals surface area (Å²) >= 11 is 0. The van der Waals surface area contributed by atoms with Gasteiger partial charge in [-0.15, -0.1) is 0 Å². The number of nitrogens with zero attached hydrogens (tertiary/aromatic N) is 2. The van der Waals surface area contributed by atoms with Crippen molar-refractivity contribution in [1.82, 2.24) is 10.1 Å². The average molecular weight is 376 g/mol. The number of aliphatic hydroxyl groups is 1. The topological polar surface area (TPSA) is 82.5 Å². The fourth-order valence-electron chi connectivity index (χ4n) is 3.89. The van der Waals surface area contributed by atoms with E-state index in [1.807, 2.05) is 32.9 Å². The van der Waals surface area contributed by atoms with Crippen LogP contribution < -0.4 is 0 Å². The number of carbonyl (C=O) groups is 1. The Balaban J connectivity index is 2.06. The maximum absolute atomic E-state index is 13.3. The maximum Gasteiger partial charge on any atom is 0.282 e. The lowest BCUT2D eigenvalue weighted by atomic mass is 9.85. The largest absolute Gasteiger partial charge is 0.509 e. The van der Waals surface area contributed by atoms with Crippen LogP contribution in [0.5, 0.6) is 0 Å². The Morgan fingerprint density at radius 2 is 1.78 bits per heavy atom. The van der Waals surface area contributed by atoms with Gasteiger partial charge in [0.15, 0.2) is 0 Å². The summed E-state index contributed by atoms with van der Waals surface area (Å²) in [6.45, 7) is 7.24. The molecular formula is C20H28N2O5. The number of aliphatic hydroxyl groups excluding tert-OH is 1. The molecule has 2 heterocycles. The number of hydrogen-bond acceptors (Lipinski definition) is 6. The van der Waals surface area contributed by atoms with E-state index >= 15 is 0 Å². The highest BCUT2D eigenvalue weighted by Crippen LogP contribution is 2.46. The third kappa shape index (κ3) is 3.25. The van der Waals surface area contributed by atoms with Crippen molar-refractivity contribution in [2.45, 2.75) is 39.2 Å². The van der Waals surface area contributed by atoms with Crippen LogP contribution in [0.3, 0.4) is 0 Å². The van der Waals surface area contributed by atoms with Crippen LogP contribution in [0.4, 0.5) is 0 Å². The van der Waals surface area contributed by atoms with Gasteiger partial charge in [-0.05, 0) is 55.9 Å². The Hall–Kier alpha value is -1.93. The van der Waals surface area contributed by atoms with E-state index in [1.165, 1.54) is 10.1 Å². The third-order valence-electron chi connectivity index (χ3n) is 5.87.